The summed E-state index contributed by atoms with van der Waals surface area (Å²) >= 11 is 0. The standard InChI is InChI=1S/C15H22N2O3.ClH/c1-10(7-16)8-17-15(18)12-5-11-6-13(19-2)3-4-14(11)20-9-12;/h3-4,6,10,12H,5,7-9,16H2,1-2H3,(H,17,18);1H. The summed E-state index contributed by atoms with van der Waals surface area (Å²) in [6.07, 6.45) is 0.676. The molecule has 1 aliphatic heterocycles. The summed E-state index contributed by atoms with van der Waals surface area (Å²) in [5.74, 6) is 1.78. The molecule has 0 radical (unpaired) electrons. The molecule has 0 spiro atoms. The number of halogens is 1. The van der Waals surface area contributed by atoms with E-state index < -0.39 is 0 Å². The van der Waals surface area contributed by atoms with Gasteiger partial charge in [0.15, 0.2) is 0 Å². The zero-order chi connectivity index (χ0) is 14.5. The van der Waals surface area contributed by atoms with E-state index in [1.165, 1.54) is 0 Å². The van der Waals surface area contributed by atoms with Crippen molar-refractivity contribution in [1.29, 1.82) is 0 Å². The smallest absolute Gasteiger partial charge is 0.226 e. The second kappa shape index (κ2) is 8.10. The number of hydrogen-bond acceptors (Lipinski definition) is 4. The number of hydrogen-bond donors (Lipinski definition) is 2. The van der Waals surface area contributed by atoms with Crippen LogP contribution < -0.4 is 20.5 Å². The topological polar surface area (TPSA) is 73.6 Å². The highest BCUT2D eigenvalue weighted by molar-refractivity contribution is 5.85. The van der Waals surface area contributed by atoms with Crippen molar-refractivity contribution in [3.63, 3.8) is 0 Å². The number of rotatable bonds is 5. The molecule has 3 N–H and O–H groups in total. The molecule has 1 aliphatic rings. The van der Waals surface area contributed by atoms with Crippen LogP contribution in [0.1, 0.15) is 12.5 Å². The fourth-order valence-electron chi connectivity index (χ4n) is 2.17. The van der Waals surface area contributed by atoms with Crippen LogP contribution in [-0.2, 0) is 11.2 Å². The molecule has 2 atom stereocenters. The number of ether oxygens (including phenoxy) is 2. The average molecular weight is 315 g/mol. The number of benzene rings is 1. The molecule has 0 bridgehead atoms. The van der Waals surface area contributed by atoms with Gasteiger partial charge in [-0.15, -0.1) is 12.4 Å². The third-order valence-electron chi connectivity index (χ3n) is 3.57. The summed E-state index contributed by atoms with van der Waals surface area (Å²) in [5.41, 5.74) is 6.56. The lowest BCUT2D eigenvalue weighted by molar-refractivity contribution is -0.126. The maximum atomic E-state index is 12.1. The molecule has 5 nitrogen and oxygen atoms in total. The van der Waals surface area contributed by atoms with E-state index in [4.69, 9.17) is 15.2 Å². The number of nitrogens with two attached hydrogens (primary N) is 1. The highest BCUT2D eigenvalue weighted by atomic mass is 35.5. The molecule has 0 saturated carbocycles. The minimum atomic E-state index is -0.153. The van der Waals surface area contributed by atoms with Gasteiger partial charge >= 0.3 is 0 Å². The first kappa shape index (κ1) is 17.6. The lowest BCUT2D eigenvalue weighted by atomic mass is 9.95. The van der Waals surface area contributed by atoms with Gasteiger partial charge in [-0.3, -0.25) is 4.79 Å². The summed E-state index contributed by atoms with van der Waals surface area (Å²) in [7, 11) is 1.63. The Bertz CT molecular complexity index is 482. The van der Waals surface area contributed by atoms with E-state index in [9.17, 15) is 4.79 Å². The van der Waals surface area contributed by atoms with Gasteiger partial charge in [0.1, 0.15) is 18.1 Å². The number of fused-ring (bicyclic) bond motifs is 1. The largest absolute Gasteiger partial charge is 0.497 e. The van der Waals surface area contributed by atoms with Crippen molar-refractivity contribution < 1.29 is 14.3 Å². The van der Waals surface area contributed by atoms with Gasteiger partial charge in [-0.2, -0.15) is 0 Å². The van der Waals surface area contributed by atoms with Crippen molar-refractivity contribution in [2.75, 3.05) is 26.8 Å². The maximum Gasteiger partial charge on any atom is 0.226 e. The van der Waals surface area contributed by atoms with Gasteiger partial charge < -0.3 is 20.5 Å². The van der Waals surface area contributed by atoms with Crippen LogP contribution in [-0.4, -0.2) is 32.7 Å². The summed E-state index contributed by atoms with van der Waals surface area (Å²) in [6, 6.07) is 5.68. The molecule has 1 aromatic rings. The quantitative estimate of drug-likeness (QED) is 0.861. The molecule has 1 aromatic carbocycles. The zero-order valence-corrected chi connectivity index (χ0v) is 13.2. The Balaban J connectivity index is 0.00000220. The molecule has 1 amide bonds. The lowest BCUT2D eigenvalue weighted by Crippen LogP contribution is -2.40. The number of amides is 1. The SMILES string of the molecule is COc1ccc2c(c1)CC(C(=O)NCC(C)CN)CO2.Cl. The fraction of sp³-hybridized carbons (Fsp3) is 0.533. The Morgan fingerprint density at radius 2 is 2.33 bits per heavy atom. The van der Waals surface area contributed by atoms with Crippen LogP contribution in [0.15, 0.2) is 18.2 Å². The second-order valence-corrected chi connectivity index (χ2v) is 5.27. The predicted molar refractivity (Wildman–Crippen MR) is 84.2 cm³/mol. The molecule has 2 unspecified atom stereocenters. The van der Waals surface area contributed by atoms with E-state index in [0.29, 0.717) is 26.1 Å². The minimum Gasteiger partial charge on any atom is -0.497 e. The Hall–Kier alpha value is -1.46. The van der Waals surface area contributed by atoms with Crippen molar-refractivity contribution in [2.24, 2.45) is 17.6 Å². The van der Waals surface area contributed by atoms with E-state index in [2.05, 4.69) is 5.32 Å². The van der Waals surface area contributed by atoms with Crippen LogP contribution in [0.5, 0.6) is 11.5 Å². The molecule has 0 aromatic heterocycles. The van der Waals surface area contributed by atoms with E-state index in [1.54, 1.807) is 7.11 Å². The van der Waals surface area contributed by atoms with Gasteiger partial charge in [0.25, 0.3) is 0 Å². The number of nitrogens with one attached hydrogen (secondary N) is 1. The van der Waals surface area contributed by atoms with Gasteiger partial charge in [-0.25, -0.2) is 0 Å². The highest BCUT2D eigenvalue weighted by Gasteiger charge is 2.26. The molecule has 2 rings (SSSR count). The lowest BCUT2D eigenvalue weighted by Gasteiger charge is -2.25. The first-order valence-corrected chi connectivity index (χ1v) is 6.91. The molecule has 0 aliphatic carbocycles. The molecule has 1 heterocycles. The van der Waals surface area contributed by atoms with Crippen LogP contribution in [0.25, 0.3) is 0 Å². The zero-order valence-electron chi connectivity index (χ0n) is 12.4. The normalized spacial score (nSPS) is 17.8. The highest BCUT2D eigenvalue weighted by Crippen LogP contribution is 2.30. The van der Waals surface area contributed by atoms with Crippen LogP contribution in [0.4, 0.5) is 0 Å². The van der Waals surface area contributed by atoms with Gasteiger partial charge in [0.05, 0.1) is 13.0 Å². The van der Waals surface area contributed by atoms with Crippen molar-refractivity contribution in [2.45, 2.75) is 13.3 Å². The van der Waals surface area contributed by atoms with Gasteiger partial charge in [-0.1, -0.05) is 6.92 Å². The van der Waals surface area contributed by atoms with Crippen LogP contribution >= 0.6 is 12.4 Å². The Morgan fingerprint density at radius 3 is 3.00 bits per heavy atom. The van der Waals surface area contributed by atoms with E-state index in [-0.39, 0.29) is 30.2 Å². The summed E-state index contributed by atoms with van der Waals surface area (Å²) < 4.78 is 10.8. The van der Waals surface area contributed by atoms with E-state index >= 15 is 0 Å². The van der Waals surface area contributed by atoms with Crippen molar-refractivity contribution in [3.05, 3.63) is 23.8 Å². The van der Waals surface area contributed by atoms with Crippen molar-refractivity contribution in [1.82, 2.24) is 5.32 Å². The number of methoxy groups -OCH3 is 1. The summed E-state index contributed by atoms with van der Waals surface area (Å²) in [5, 5.41) is 2.93. The third kappa shape index (κ3) is 4.51. The Kier molecular flexibility index (Phi) is 6.78. The number of carbonyl (C=O) groups excluding carboxylic acids is 1. The van der Waals surface area contributed by atoms with Gasteiger partial charge in [0.2, 0.25) is 5.91 Å². The average Bonchev–Trinajstić information content (AvgIpc) is 2.50. The molecule has 6 heteroatoms. The Labute approximate surface area is 131 Å². The van der Waals surface area contributed by atoms with Crippen molar-refractivity contribution >= 4 is 18.3 Å². The minimum absolute atomic E-state index is 0. The van der Waals surface area contributed by atoms with Crippen molar-refractivity contribution in [3.8, 4) is 11.5 Å². The monoisotopic (exact) mass is 314 g/mol. The fourth-order valence-corrected chi connectivity index (χ4v) is 2.17. The number of carbonyl (C=O) groups is 1. The van der Waals surface area contributed by atoms with Crippen LogP contribution in [0, 0.1) is 11.8 Å². The van der Waals surface area contributed by atoms with Gasteiger partial charge in [-0.05, 0) is 42.6 Å². The molecule has 21 heavy (non-hydrogen) atoms. The first-order valence-electron chi connectivity index (χ1n) is 6.91. The van der Waals surface area contributed by atoms with Crippen LogP contribution in [0.2, 0.25) is 0 Å². The van der Waals surface area contributed by atoms with Gasteiger partial charge in [0, 0.05) is 6.54 Å². The van der Waals surface area contributed by atoms with E-state index in [0.717, 1.165) is 17.1 Å². The molecule has 0 saturated heterocycles. The molecule has 118 valence electrons. The first-order chi connectivity index (χ1) is 9.63. The maximum absolute atomic E-state index is 12.1. The third-order valence-corrected chi connectivity index (χ3v) is 3.57. The second-order valence-electron chi connectivity index (χ2n) is 5.27. The predicted octanol–water partition coefficient (Wildman–Crippen LogP) is 1.38. The summed E-state index contributed by atoms with van der Waals surface area (Å²) in [4.78, 5) is 12.1. The van der Waals surface area contributed by atoms with Crippen LogP contribution in [0.3, 0.4) is 0 Å². The summed E-state index contributed by atoms with van der Waals surface area (Å²) in [6.45, 7) is 3.61. The molecular formula is C15H23ClN2O3. The Morgan fingerprint density at radius 1 is 1.57 bits per heavy atom. The van der Waals surface area contributed by atoms with E-state index in [1.807, 2.05) is 25.1 Å². The molecule has 0 fully saturated rings. The molecular weight excluding hydrogens is 292 g/mol.